The van der Waals surface area contributed by atoms with Crippen molar-refractivity contribution >= 4 is 45.3 Å². The first-order valence-corrected chi connectivity index (χ1v) is 11.0. The molecule has 0 amide bonds. The highest BCUT2D eigenvalue weighted by Gasteiger charge is 2.27. The molecule has 1 aromatic carbocycles. The van der Waals surface area contributed by atoms with E-state index in [0.29, 0.717) is 19.4 Å². The number of carbonyl (C=O) groups is 1. The second kappa shape index (κ2) is 9.13. The van der Waals surface area contributed by atoms with Crippen LogP contribution in [0.25, 0.3) is 10.9 Å². The molecule has 3 aromatic rings. The van der Waals surface area contributed by atoms with Crippen molar-refractivity contribution in [1.82, 2.24) is 14.8 Å². The standard InChI is InChI=1S/C22H23IN4O4/c1-30-16-7-6-14(18(11-16)31-2)12-25-21-19-17(8-9-24-21)27(26-20(19)23)15-5-3-4-13(10-15)22(28)29/h3,5-9,11,13,15H,4,10,12H2,1-2H3,(H,24,25)(H,28,29)/t13?,15-/m1/s1. The van der Waals surface area contributed by atoms with Crippen LogP contribution in [0, 0.1) is 9.62 Å². The largest absolute Gasteiger partial charge is 0.497 e. The predicted molar refractivity (Wildman–Crippen MR) is 126 cm³/mol. The summed E-state index contributed by atoms with van der Waals surface area (Å²) in [5, 5.41) is 18.4. The summed E-state index contributed by atoms with van der Waals surface area (Å²) in [7, 11) is 3.25. The number of hydrogen-bond acceptors (Lipinski definition) is 6. The molecule has 4 rings (SSSR count). The van der Waals surface area contributed by atoms with E-state index in [-0.39, 0.29) is 6.04 Å². The molecule has 0 fully saturated rings. The van der Waals surface area contributed by atoms with Crippen molar-refractivity contribution in [3.8, 4) is 11.5 Å². The van der Waals surface area contributed by atoms with Gasteiger partial charge < -0.3 is 19.9 Å². The van der Waals surface area contributed by atoms with Gasteiger partial charge in [-0.15, -0.1) is 0 Å². The number of fused-ring (bicyclic) bond motifs is 1. The summed E-state index contributed by atoms with van der Waals surface area (Å²) < 4.78 is 13.5. The Hall–Kier alpha value is -2.82. The molecule has 2 N–H and O–H groups in total. The molecule has 1 aliphatic rings. The Kier molecular flexibility index (Phi) is 6.30. The number of carboxylic acid groups (broad SMARTS) is 1. The van der Waals surface area contributed by atoms with E-state index in [1.807, 2.05) is 41.1 Å². The van der Waals surface area contributed by atoms with Gasteiger partial charge in [0.2, 0.25) is 0 Å². The van der Waals surface area contributed by atoms with Crippen molar-refractivity contribution in [1.29, 1.82) is 0 Å². The zero-order valence-electron chi connectivity index (χ0n) is 17.2. The molecule has 0 spiro atoms. The number of halogens is 1. The van der Waals surface area contributed by atoms with Gasteiger partial charge in [0.25, 0.3) is 0 Å². The number of hydrogen-bond donors (Lipinski definition) is 2. The van der Waals surface area contributed by atoms with E-state index < -0.39 is 11.9 Å². The average Bonchev–Trinajstić information content (AvgIpc) is 3.14. The third-order valence-electron chi connectivity index (χ3n) is 5.49. The summed E-state index contributed by atoms with van der Waals surface area (Å²) in [5.74, 6) is 1.03. The second-order valence-electron chi connectivity index (χ2n) is 7.32. The number of benzene rings is 1. The highest BCUT2D eigenvalue weighted by molar-refractivity contribution is 14.1. The molecule has 2 atom stereocenters. The van der Waals surface area contributed by atoms with E-state index in [2.05, 4.69) is 32.9 Å². The minimum absolute atomic E-state index is 0.0993. The molecule has 8 nitrogen and oxygen atoms in total. The number of allylic oxidation sites excluding steroid dienone is 2. The Morgan fingerprint density at radius 1 is 1.32 bits per heavy atom. The van der Waals surface area contributed by atoms with Crippen molar-refractivity contribution in [3.63, 3.8) is 0 Å². The van der Waals surface area contributed by atoms with Crippen LogP contribution >= 0.6 is 22.6 Å². The summed E-state index contributed by atoms with van der Waals surface area (Å²) in [6.07, 6.45) is 6.79. The summed E-state index contributed by atoms with van der Waals surface area (Å²) in [4.78, 5) is 16.0. The lowest BCUT2D eigenvalue weighted by atomic mass is 9.91. The lowest BCUT2D eigenvalue weighted by Crippen LogP contribution is -2.22. The number of rotatable bonds is 7. The Morgan fingerprint density at radius 2 is 2.16 bits per heavy atom. The zero-order valence-corrected chi connectivity index (χ0v) is 19.4. The number of nitrogens with zero attached hydrogens (tertiary/aromatic N) is 3. The first-order valence-electron chi connectivity index (χ1n) is 9.88. The Balaban J connectivity index is 1.63. The molecule has 2 aromatic heterocycles. The molecule has 31 heavy (non-hydrogen) atoms. The Morgan fingerprint density at radius 3 is 2.90 bits per heavy atom. The smallest absolute Gasteiger partial charge is 0.306 e. The highest BCUT2D eigenvalue weighted by Crippen LogP contribution is 2.34. The maximum Gasteiger partial charge on any atom is 0.306 e. The molecule has 0 aliphatic heterocycles. The van der Waals surface area contributed by atoms with Crippen LogP contribution in [0.3, 0.4) is 0 Å². The number of carboxylic acids is 1. The van der Waals surface area contributed by atoms with Gasteiger partial charge in [0, 0.05) is 24.4 Å². The van der Waals surface area contributed by atoms with Crippen LogP contribution < -0.4 is 14.8 Å². The van der Waals surface area contributed by atoms with E-state index in [9.17, 15) is 9.90 Å². The van der Waals surface area contributed by atoms with Gasteiger partial charge in [-0.2, -0.15) is 5.10 Å². The van der Waals surface area contributed by atoms with Gasteiger partial charge in [-0.25, -0.2) is 4.98 Å². The lowest BCUT2D eigenvalue weighted by molar-refractivity contribution is -0.142. The molecular formula is C22H23IN4O4. The van der Waals surface area contributed by atoms with E-state index in [4.69, 9.17) is 14.6 Å². The monoisotopic (exact) mass is 534 g/mol. The molecule has 0 saturated heterocycles. The number of ether oxygens (including phenoxy) is 2. The van der Waals surface area contributed by atoms with Crippen LogP contribution in [-0.2, 0) is 11.3 Å². The molecule has 0 radical (unpaired) electrons. The number of aliphatic carboxylic acids is 1. The lowest BCUT2D eigenvalue weighted by Gasteiger charge is -2.22. The molecule has 9 heteroatoms. The molecule has 0 bridgehead atoms. The number of aromatic nitrogens is 3. The van der Waals surface area contributed by atoms with Crippen molar-refractivity contribution in [2.45, 2.75) is 25.4 Å². The van der Waals surface area contributed by atoms with E-state index in [1.165, 1.54) is 0 Å². The quantitative estimate of drug-likeness (QED) is 0.346. The van der Waals surface area contributed by atoms with Gasteiger partial charge in [-0.05, 0) is 53.6 Å². The first kappa shape index (κ1) is 21.4. The van der Waals surface area contributed by atoms with Crippen LogP contribution in [0.5, 0.6) is 11.5 Å². The Bertz CT molecular complexity index is 1140. The van der Waals surface area contributed by atoms with Gasteiger partial charge in [0.15, 0.2) is 0 Å². The van der Waals surface area contributed by atoms with Crippen LogP contribution in [0.1, 0.15) is 24.4 Å². The summed E-state index contributed by atoms with van der Waals surface area (Å²) in [6, 6.07) is 7.52. The van der Waals surface area contributed by atoms with Crippen LogP contribution in [0.4, 0.5) is 5.82 Å². The van der Waals surface area contributed by atoms with Crippen LogP contribution in [0.15, 0.2) is 42.6 Å². The number of methoxy groups -OCH3 is 2. The van der Waals surface area contributed by atoms with Gasteiger partial charge in [0.1, 0.15) is 21.0 Å². The van der Waals surface area contributed by atoms with Gasteiger partial charge in [-0.1, -0.05) is 12.2 Å². The summed E-state index contributed by atoms with van der Waals surface area (Å²) >= 11 is 2.20. The fraction of sp³-hybridized carbons (Fsp3) is 0.318. The van der Waals surface area contributed by atoms with Crippen molar-refractivity contribution < 1.29 is 19.4 Å². The maximum atomic E-state index is 11.5. The van der Waals surface area contributed by atoms with Gasteiger partial charge in [0.05, 0.1) is 37.1 Å². The first-order chi connectivity index (χ1) is 15.0. The zero-order chi connectivity index (χ0) is 22.0. The van der Waals surface area contributed by atoms with Crippen LogP contribution in [-0.4, -0.2) is 40.1 Å². The van der Waals surface area contributed by atoms with E-state index >= 15 is 0 Å². The fourth-order valence-electron chi connectivity index (χ4n) is 3.86. The minimum Gasteiger partial charge on any atom is -0.497 e. The molecule has 2 heterocycles. The second-order valence-corrected chi connectivity index (χ2v) is 8.34. The predicted octanol–water partition coefficient (Wildman–Crippen LogP) is 4.26. The maximum absolute atomic E-state index is 11.5. The van der Waals surface area contributed by atoms with Crippen molar-refractivity contribution in [3.05, 3.63) is 51.9 Å². The van der Waals surface area contributed by atoms with E-state index in [1.54, 1.807) is 20.4 Å². The molecule has 0 saturated carbocycles. The number of nitrogens with one attached hydrogen (secondary N) is 1. The molecule has 1 aliphatic carbocycles. The molecular weight excluding hydrogens is 511 g/mol. The normalized spacial score (nSPS) is 18.2. The third-order valence-corrected chi connectivity index (χ3v) is 6.24. The topological polar surface area (TPSA) is 98.5 Å². The number of pyridine rings is 1. The number of anilines is 1. The third kappa shape index (κ3) is 4.32. The van der Waals surface area contributed by atoms with Gasteiger partial charge in [-0.3, -0.25) is 9.48 Å². The Labute approximate surface area is 193 Å². The van der Waals surface area contributed by atoms with Gasteiger partial charge >= 0.3 is 5.97 Å². The van der Waals surface area contributed by atoms with Crippen molar-refractivity contribution in [2.24, 2.45) is 5.92 Å². The van der Waals surface area contributed by atoms with E-state index in [0.717, 1.165) is 37.5 Å². The fourth-order valence-corrected chi connectivity index (χ4v) is 4.62. The molecule has 162 valence electrons. The minimum atomic E-state index is -0.766. The summed E-state index contributed by atoms with van der Waals surface area (Å²) in [5.41, 5.74) is 1.90. The molecule has 1 unspecified atom stereocenters. The summed E-state index contributed by atoms with van der Waals surface area (Å²) in [6.45, 7) is 0.519. The average molecular weight is 534 g/mol. The SMILES string of the molecule is COc1ccc(CNc2nccc3c2c(I)nn3[C@@H]2C=CCC(C(=O)O)C2)c(OC)c1. The van der Waals surface area contributed by atoms with Crippen molar-refractivity contribution in [2.75, 3.05) is 19.5 Å². The van der Waals surface area contributed by atoms with Crippen LogP contribution in [0.2, 0.25) is 0 Å². The highest BCUT2D eigenvalue weighted by atomic mass is 127.